The second-order valence-electron chi connectivity index (χ2n) is 7.75. The number of amides is 1. The zero-order valence-electron chi connectivity index (χ0n) is 17.4. The van der Waals surface area contributed by atoms with Crippen molar-refractivity contribution in [2.75, 3.05) is 18.4 Å². The van der Waals surface area contributed by atoms with Crippen LogP contribution in [0.5, 0.6) is 0 Å². The van der Waals surface area contributed by atoms with Crippen molar-refractivity contribution in [2.45, 2.75) is 24.3 Å². The van der Waals surface area contributed by atoms with Crippen molar-refractivity contribution in [3.8, 4) is 0 Å². The van der Waals surface area contributed by atoms with Crippen LogP contribution in [-0.4, -0.2) is 41.5 Å². The molecule has 2 heterocycles. The van der Waals surface area contributed by atoms with E-state index in [1.807, 2.05) is 0 Å². The number of hydrogen-bond acceptors (Lipinski definition) is 4. The van der Waals surface area contributed by atoms with Gasteiger partial charge in [-0.2, -0.15) is 9.40 Å². The van der Waals surface area contributed by atoms with Gasteiger partial charge in [-0.1, -0.05) is 40.9 Å². The molecule has 0 unspecified atom stereocenters. The molecule has 1 aliphatic heterocycles. The van der Waals surface area contributed by atoms with Gasteiger partial charge in [0.05, 0.1) is 23.3 Å². The summed E-state index contributed by atoms with van der Waals surface area (Å²) in [6.07, 6.45) is 4.13. The number of halogens is 3. The zero-order valence-corrected chi connectivity index (χ0v) is 20.5. The van der Waals surface area contributed by atoms with Gasteiger partial charge in [-0.25, -0.2) is 8.42 Å². The lowest BCUT2D eigenvalue weighted by Gasteiger charge is -2.30. The summed E-state index contributed by atoms with van der Waals surface area (Å²) in [4.78, 5) is 12.9. The Morgan fingerprint density at radius 3 is 2.30 bits per heavy atom. The van der Waals surface area contributed by atoms with E-state index in [2.05, 4.69) is 10.4 Å². The Kier molecular flexibility index (Phi) is 7.31. The molecule has 1 aliphatic rings. The Bertz CT molecular complexity index is 1230. The normalized spacial score (nSPS) is 15.5. The predicted octanol–water partition coefficient (Wildman–Crippen LogP) is 4.93. The number of hydrogen-bond donors (Lipinski definition) is 1. The summed E-state index contributed by atoms with van der Waals surface area (Å²) in [6.45, 7) is 0.913. The van der Waals surface area contributed by atoms with Gasteiger partial charge in [0.2, 0.25) is 15.9 Å². The third kappa shape index (κ3) is 5.53. The van der Waals surface area contributed by atoms with Crippen LogP contribution in [0.15, 0.2) is 59.8 Å². The number of nitrogens with zero attached hydrogens (tertiary/aromatic N) is 3. The smallest absolute Gasteiger partial charge is 0.243 e. The van der Waals surface area contributed by atoms with Crippen LogP contribution in [0.3, 0.4) is 0 Å². The quantitative estimate of drug-likeness (QED) is 0.493. The molecule has 4 rings (SSSR count). The fourth-order valence-corrected chi connectivity index (χ4v) is 5.83. The topological polar surface area (TPSA) is 84.3 Å². The number of anilines is 1. The zero-order chi connectivity index (χ0) is 23.6. The van der Waals surface area contributed by atoms with E-state index in [0.29, 0.717) is 40.1 Å². The molecule has 33 heavy (non-hydrogen) atoms. The van der Waals surface area contributed by atoms with Gasteiger partial charge in [0.25, 0.3) is 0 Å². The Hall–Kier alpha value is -2.10. The summed E-state index contributed by atoms with van der Waals surface area (Å²) >= 11 is 18.3. The van der Waals surface area contributed by atoms with Crippen LogP contribution in [0.1, 0.15) is 18.4 Å². The van der Waals surface area contributed by atoms with Crippen LogP contribution in [-0.2, 0) is 21.4 Å². The number of piperidine rings is 1. The number of carbonyl (C=O) groups excluding carboxylic acids is 1. The van der Waals surface area contributed by atoms with Crippen molar-refractivity contribution < 1.29 is 13.2 Å². The van der Waals surface area contributed by atoms with Gasteiger partial charge >= 0.3 is 0 Å². The largest absolute Gasteiger partial charge is 0.323 e. The highest BCUT2D eigenvalue weighted by molar-refractivity contribution is 7.89. The molecule has 174 valence electrons. The lowest BCUT2D eigenvalue weighted by atomic mass is 9.97. The highest BCUT2D eigenvalue weighted by Crippen LogP contribution is 2.27. The molecule has 1 fully saturated rings. The molecule has 1 amide bonds. The molecule has 0 spiro atoms. The summed E-state index contributed by atoms with van der Waals surface area (Å²) in [5.74, 6) is -0.447. The molecule has 7 nitrogen and oxygen atoms in total. The Morgan fingerprint density at radius 1 is 1.03 bits per heavy atom. The number of benzene rings is 2. The van der Waals surface area contributed by atoms with E-state index < -0.39 is 10.0 Å². The minimum absolute atomic E-state index is 0.158. The standard InChI is InChI=1S/C22H21Cl3N4O3S/c23-16-4-6-18(7-5-16)33(31,32)29-10-8-15(9-11-29)22(30)27-17-12-26-28(13-17)14-19-20(24)2-1-3-21(19)25/h1-7,12-13,15H,8-11,14H2,(H,27,30). The molecule has 2 aromatic carbocycles. The fraction of sp³-hybridized carbons (Fsp3) is 0.273. The number of aromatic nitrogens is 2. The molecule has 0 radical (unpaired) electrons. The van der Waals surface area contributed by atoms with Crippen molar-refractivity contribution in [1.29, 1.82) is 0 Å². The third-order valence-electron chi connectivity index (χ3n) is 5.56. The molecule has 11 heteroatoms. The molecule has 1 N–H and O–H groups in total. The van der Waals surface area contributed by atoms with Gasteiger partial charge in [0.1, 0.15) is 0 Å². The Balaban J connectivity index is 1.34. The van der Waals surface area contributed by atoms with Crippen LogP contribution in [0.25, 0.3) is 0 Å². The molecule has 3 aromatic rings. The first-order valence-corrected chi connectivity index (χ1v) is 12.8. The van der Waals surface area contributed by atoms with Crippen molar-refractivity contribution in [1.82, 2.24) is 14.1 Å². The average Bonchev–Trinajstić information content (AvgIpc) is 3.23. The third-order valence-corrected chi connectivity index (χ3v) is 8.43. The average molecular weight is 528 g/mol. The lowest BCUT2D eigenvalue weighted by molar-refractivity contribution is -0.120. The first-order chi connectivity index (χ1) is 15.7. The van der Waals surface area contributed by atoms with Crippen LogP contribution in [0, 0.1) is 5.92 Å². The highest BCUT2D eigenvalue weighted by atomic mass is 35.5. The molecule has 0 aliphatic carbocycles. The van der Waals surface area contributed by atoms with Gasteiger partial charge in [0.15, 0.2) is 0 Å². The molecular weight excluding hydrogens is 507 g/mol. The van der Waals surface area contributed by atoms with Gasteiger partial charge in [-0.05, 0) is 49.2 Å². The maximum atomic E-state index is 12.8. The SMILES string of the molecule is O=C(Nc1cnn(Cc2c(Cl)cccc2Cl)c1)C1CCN(S(=O)(=O)c2ccc(Cl)cc2)CC1. The van der Waals surface area contributed by atoms with E-state index in [1.54, 1.807) is 47.4 Å². The van der Waals surface area contributed by atoms with E-state index in [-0.39, 0.29) is 29.8 Å². The van der Waals surface area contributed by atoms with Crippen LogP contribution >= 0.6 is 34.8 Å². The molecular formula is C22H21Cl3N4O3S. The van der Waals surface area contributed by atoms with E-state index in [9.17, 15) is 13.2 Å². The second kappa shape index (κ2) is 10.0. The molecule has 1 aromatic heterocycles. The van der Waals surface area contributed by atoms with E-state index in [4.69, 9.17) is 34.8 Å². The monoisotopic (exact) mass is 526 g/mol. The highest BCUT2D eigenvalue weighted by Gasteiger charge is 2.32. The molecule has 1 saturated heterocycles. The fourth-order valence-electron chi connectivity index (χ4n) is 3.72. The van der Waals surface area contributed by atoms with Crippen molar-refractivity contribution in [3.63, 3.8) is 0 Å². The Morgan fingerprint density at radius 2 is 1.67 bits per heavy atom. The number of nitrogens with one attached hydrogen (secondary N) is 1. The van der Waals surface area contributed by atoms with Gasteiger partial charge in [0, 0.05) is 45.8 Å². The van der Waals surface area contributed by atoms with Crippen LogP contribution in [0.4, 0.5) is 5.69 Å². The van der Waals surface area contributed by atoms with E-state index >= 15 is 0 Å². The molecule has 0 saturated carbocycles. The van der Waals surface area contributed by atoms with Crippen LogP contribution < -0.4 is 5.32 Å². The van der Waals surface area contributed by atoms with Crippen LogP contribution in [0.2, 0.25) is 15.1 Å². The summed E-state index contributed by atoms with van der Waals surface area (Å²) in [5, 5.41) is 8.70. The summed E-state index contributed by atoms with van der Waals surface area (Å²) in [7, 11) is -3.61. The lowest BCUT2D eigenvalue weighted by Crippen LogP contribution is -2.41. The summed E-state index contributed by atoms with van der Waals surface area (Å²) < 4.78 is 28.7. The van der Waals surface area contributed by atoms with Crippen molar-refractivity contribution in [2.24, 2.45) is 5.92 Å². The second-order valence-corrected chi connectivity index (χ2v) is 10.9. The van der Waals surface area contributed by atoms with Gasteiger partial charge in [-0.15, -0.1) is 0 Å². The Labute approximate surface area is 207 Å². The predicted molar refractivity (Wildman–Crippen MR) is 129 cm³/mol. The minimum atomic E-state index is -3.61. The first kappa shape index (κ1) is 24.0. The number of carbonyl (C=O) groups is 1. The summed E-state index contributed by atoms with van der Waals surface area (Å²) in [6, 6.07) is 11.4. The maximum Gasteiger partial charge on any atom is 0.243 e. The maximum absolute atomic E-state index is 12.8. The number of rotatable bonds is 6. The van der Waals surface area contributed by atoms with E-state index in [1.165, 1.54) is 16.4 Å². The molecule has 0 atom stereocenters. The number of sulfonamides is 1. The van der Waals surface area contributed by atoms with E-state index in [0.717, 1.165) is 5.56 Å². The first-order valence-electron chi connectivity index (χ1n) is 10.3. The van der Waals surface area contributed by atoms with Gasteiger partial charge < -0.3 is 5.32 Å². The molecule has 0 bridgehead atoms. The van der Waals surface area contributed by atoms with Crippen molar-refractivity contribution >= 4 is 56.4 Å². The van der Waals surface area contributed by atoms with Gasteiger partial charge in [-0.3, -0.25) is 9.48 Å². The summed E-state index contributed by atoms with van der Waals surface area (Å²) in [5.41, 5.74) is 1.30. The van der Waals surface area contributed by atoms with Crippen molar-refractivity contribution in [3.05, 3.63) is 75.5 Å². The minimum Gasteiger partial charge on any atom is -0.323 e.